The van der Waals surface area contributed by atoms with E-state index in [0.29, 0.717) is 12.5 Å². The van der Waals surface area contributed by atoms with Crippen LogP contribution in [0.15, 0.2) is 60.9 Å². The van der Waals surface area contributed by atoms with Crippen molar-refractivity contribution in [2.75, 3.05) is 31.6 Å². The first-order chi connectivity index (χ1) is 13.7. The van der Waals surface area contributed by atoms with Gasteiger partial charge in [0, 0.05) is 19.6 Å². The number of hydrogen-bond donors (Lipinski definition) is 1. The molecular formula is C21H23N5O2. The molecule has 1 unspecified atom stereocenters. The third-order valence-electron chi connectivity index (χ3n) is 4.98. The van der Waals surface area contributed by atoms with Gasteiger partial charge < -0.3 is 15.0 Å². The lowest BCUT2D eigenvalue weighted by atomic mass is 10.1. The van der Waals surface area contributed by atoms with Crippen molar-refractivity contribution in [1.29, 1.82) is 0 Å². The van der Waals surface area contributed by atoms with Crippen molar-refractivity contribution in [3.8, 4) is 11.4 Å². The molecule has 2 aromatic carbocycles. The van der Waals surface area contributed by atoms with Crippen molar-refractivity contribution in [3.63, 3.8) is 0 Å². The minimum Gasteiger partial charge on any atom is -0.495 e. The Balaban J connectivity index is 1.33. The van der Waals surface area contributed by atoms with Gasteiger partial charge in [-0.25, -0.2) is 9.67 Å². The molecule has 144 valence electrons. The molecule has 1 fully saturated rings. The Bertz CT molecular complexity index is 941. The van der Waals surface area contributed by atoms with Crippen LogP contribution >= 0.6 is 0 Å². The van der Waals surface area contributed by atoms with Gasteiger partial charge in [0.1, 0.15) is 12.1 Å². The van der Waals surface area contributed by atoms with Crippen LogP contribution in [0, 0.1) is 5.92 Å². The maximum absolute atomic E-state index is 12.4. The number of aromatic nitrogens is 3. The lowest BCUT2D eigenvalue weighted by molar-refractivity contribution is 0.0938. The summed E-state index contributed by atoms with van der Waals surface area (Å²) in [7, 11) is 1.69. The van der Waals surface area contributed by atoms with Crippen molar-refractivity contribution in [3.05, 3.63) is 66.7 Å². The lowest BCUT2D eigenvalue weighted by Gasteiger charge is -2.21. The van der Waals surface area contributed by atoms with Crippen LogP contribution in [-0.4, -0.2) is 47.4 Å². The van der Waals surface area contributed by atoms with E-state index in [1.165, 1.54) is 0 Å². The molecule has 0 bridgehead atoms. The van der Waals surface area contributed by atoms with Gasteiger partial charge in [0.05, 0.1) is 18.5 Å². The number of nitrogens with zero attached hydrogens (tertiary/aromatic N) is 4. The molecule has 0 saturated carbocycles. The number of rotatable bonds is 6. The monoisotopic (exact) mass is 377 g/mol. The molecule has 1 amide bonds. The fourth-order valence-corrected chi connectivity index (χ4v) is 3.50. The molecule has 1 saturated heterocycles. The number of carbonyl (C=O) groups excluding carboxylic acids is 1. The largest absolute Gasteiger partial charge is 0.495 e. The van der Waals surface area contributed by atoms with Crippen LogP contribution in [0.25, 0.3) is 5.69 Å². The molecule has 0 radical (unpaired) electrons. The minimum atomic E-state index is -0.245. The number of methoxy groups -OCH3 is 1. The van der Waals surface area contributed by atoms with Crippen LogP contribution in [0.3, 0.4) is 0 Å². The summed E-state index contributed by atoms with van der Waals surface area (Å²) in [5.41, 5.74) is 1.97. The molecule has 0 spiro atoms. The first-order valence-electron chi connectivity index (χ1n) is 9.38. The molecule has 1 aliphatic heterocycles. The van der Waals surface area contributed by atoms with Crippen LogP contribution in [0.1, 0.15) is 17.0 Å². The summed E-state index contributed by atoms with van der Waals surface area (Å²) in [5, 5.41) is 7.25. The summed E-state index contributed by atoms with van der Waals surface area (Å²) < 4.78 is 7.06. The van der Waals surface area contributed by atoms with Gasteiger partial charge in [-0.05, 0) is 36.6 Å². The summed E-state index contributed by atoms with van der Waals surface area (Å²) >= 11 is 0. The van der Waals surface area contributed by atoms with E-state index in [1.807, 2.05) is 48.5 Å². The smallest absolute Gasteiger partial charge is 0.290 e. The highest BCUT2D eigenvalue weighted by atomic mass is 16.5. The molecule has 0 aliphatic carbocycles. The standard InChI is InChI=1S/C21H23N5O2/c1-28-19-10-6-5-9-18(19)25-12-11-16(14-25)13-22-21(27)20-23-15-26(24-20)17-7-3-2-4-8-17/h2-10,15-16H,11-14H2,1H3,(H,22,27). The summed E-state index contributed by atoms with van der Waals surface area (Å²) in [6.45, 7) is 2.43. The second kappa shape index (κ2) is 8.12. The van der Waals surface area contributed by atoms with Gasteiger partial charge in [0.15, 0.2) is 0 Å². The van der Waals surface area contributed by atoms with Gasteiger partial charge in [-0.3, -0.25) is 4.79 Å². The van der Waals surface area contributed by atoms with E-state index in [-0.39, 0.29) is 11.7 Å². The number of ether oxygens (including phenoxy) is 1. The zero-order valence-electron chi connectivity index (χ0n) is 15.8. The molecule has 4 rings (SSSR count). The van der Waals surface area contributed by atoms with E-state index in [2.05, 4.69) is 26.4 Å². The maximum atomic E-state index is 12.4. The zero-order chi connectivity index (χ0) is 19.3. The fourth-order valence-electron chi connectivity index (χ4n) is 3.50. The van der Waals surface area contributed by atoms with Gasteiger partial charge >= 0.3 is 0 Å². The molecule has 28 heavy (non-hydrogen) atoms. The van der Waals surface area contributed by atoms with E-state index in [4.69, 9.17) is 4.74 Å². The molecule has 3 aromatic rings. The molecule has 1 aromatic heterocycles. The highest BCUT2D eigenvalue weighted by Crippen LogP contribution is 2.31. The summed E-state index contributed by atoms with van der Waals surface area (Å²) in [6, 6.07) is 17.6. The van der Waals surface area contributed by atoms with Crippen molar-refractivity contribution in [2.24, 2.45) is 5.92 Å². The lowest BCUT2D eigenvalue weighted by Crippen LogP contribution is -2.31. The van der Waals surface area contributed by atoms with E-state index in [1.54, 1.807) is 18.1 Å². The first kappa shape index (κ1) is 18.0. The number of carbonyl (C=O) groups is 1. The molecule has 1 aliphatic rings. The third-order valence-corrected chi connectivity index (χ3v) is 4.98. The van der Waals surface area contributed by atoms with Gasteiger partial charge in [0.25, 0.3) is 5.91 Å². The Morgan fingerprint density at radius 1 is 1.18 bits per heavy atom. The topological polar surface area (TPSA) is 72.3 Å². The molecule has 1 N–H and O–H groups in total. The predicted octanol–water partition coefficient (Wildman–Crippen LogP) is 2.53. The van der Waals surface area contributed by atoms with Crippen molar-refractivity contribution in [2.45, 2.75) is 6.42 Å². The number of benzene rings is 2. The van der Waals surface area contributed by atoms with Crippen molar-refractivity contribution in [1.82, 2.24) is 20.1 Å². The second-order valence-electron chi connectivity index (χ2n) is 6.83. The highest BCUT2D eigenvalue weighted by Gasteiger charge is 2.25. The fraction of sp³-hybridized carbons (Fsp3) is 0.286. The predicted molar refractivity (Wildman–Crippen MR) is 107 cm³/mol. The summed E-state index contributed by atoms with van der Waals surface area (Å²) in [6.07, 6.45) is 2.58. The third kappa shape index (κ3) is 3.83. The van der Waals surface area contributed by atoms with Crippen molar-refractivity contribution < 1.29 is 9.53 Å². The van der Waals surface area contributed by atoms with E-state index < -0.39 is 0 Å². The van der Waals surface area contributed by atoms with Gasteiger partial charge in [-0.15, -0.1) is 5.10 Å². The van der Waals surface area contributed by atoms with Crippen LogP contribution in [-0.2, 0) is 0 Å². The van der Waals surface area contributed by atoms with E-state index in [9.17, 15) is 4.79 Å². The van der Waals surface area contributed by atoms with Crippen molar-refractivity contribution >= 4 is 11.6 Å². The Labute approximate surface area is 164 Å². The average molecular weight is 377 g/mol. The quantitative estimate of drug-likeness (QED) is 0.715. The number of hydrogen-bond acceptors (Lipinski definition) is 5. The summed E-state index contributed by atoms with van der Waals surface area (Å²) in [5.74, 6) is 1.20. The number of nitrogens with one attached hydrogen (secondary N) is 1. The van der Waals surface area contributed by atoms with E-state index in [0.717, 1.165) is 36.6 Å². The normalized spacial score (nSPS) is 16.2. The number of amides is 1. The average Bonchev–Trinajstić information content (AvgIpc) is 3.43. The molecule has 1 atom stereocenters. The van der Waals surface area contributed by atoms with Crippen LogP contribution in [0.4, 0.5) is 5.69 Å². The van der Waals surface area contributed by atoms with Gasteiger partial charge in [-0.2, -0.15) is 0 Å². The van der Waals surface area contributed by atoms with Crippen LogP contribution in [0.2, 0.25) is 0 Å². The van der Waals surface area contributed by atoms with Gasteiger partial charge in [-0.1, -0.05) is 30.3 Å². The van der Waals surface area contributed by atoms with E-state index >= 15 is 0 Å². The number of anilines is 1. The first-order valence-corrected chi connectivity index (χ1v) is 9.38. The van der Waals surface area contributed by atoms with Crippen LogP contribution < -0.4 is 15.0 Å². The highest BCUT2D eigenvalue weighted by molar-refractivity contribution is 5.90. The van der Waals surface area contributed by atoms with Gasteiger partial charge in [0.2, 0.25) is 5.82 Å². The minimum absolute atomic E-state index is 0.184. The Morgan fingerprint density at radius 2 is 1.96 bits per heavy atom. The zero-order valence-corrected chi connectivity index (χ0v) is 15.8. The molecule has 7 heteroatoms. The van der Waals surface area contributed by atoms with Crippen LogP contribution in [0.5, 0.6) is 5.75 Å². The Hall–Kier alpha value is -3.35. The maximum Gasteiger partial charge on any atom is 0.290 e. The Morgan fingerprint density at radius 3 is 2.79 bits per heavy atom. The Kier molecular flexibility index (Phi) is 5.23. The molecule has 7 nitrogen and oxygen atoms in total. The molecular weight excluding hydrogens is 354 g/mol. The number of para-hydroxylation sites is 3. The molecule has 2 heterocycles. The SMILES string of the molecule is COc1ccccc1N1CCC(CNC(=O)c2ncn(-c3ccccc3)n2)C1. The summed E-state index contributed by atoms with van der Waals surface area (Å²) in [4.78, 5) is 18.9. The second-order valence-corrected chi connectivity index (χ2v) is 6.83.